The first-order valence-electron chi connectivity index (χ1n) is 7.76. The second kappa shape index (κ2) is 5.54. The van der Waals surface area contributed by atoms with Crippen molar-refractivity contribution in [1.82, 2.24) is 4.90 Å². The van der Waals surface area contributed by atoms with E-state index in [9.17, 15) is 9.18 Å². The third-order valence-electron chi connectivity index (χ3n) is 4.01. The normalized spacial score (nSPS) is 27.8. The molecule has 0 N–H and O–H groups in total. The molecule has 3 rings (SSSR count). The van der Waals surface area contributed by atoms with Crippen molar-refractivity contribution in [3.63, 3.8) is 0 Å². The molecule has 0 aromatic heterocycles. The number of amides is 1. The van der Waals surface area contributed by atoms with Crippen molar-refractivity contribution < 1.29 is 18.7 Å². The number of carbonyl (C=O) groups excluding carboxylic acids is 1. The van der Waals surface area contributed by atoms with Crippen LogP contribution in [0, 0.1) is 5.82 Å². The highest BCUT2D eigenvalue weighted by atomic mass is 19.1. The van der Waals surface area contributed by atoms with Gasteiger partial charge in [0, 0.05) is 6.54 Å². The number of benzene rings is 1. The molecule has 5 heteroatoms. The number of likely N-dealkylation sites (tertiary alicyclic amines) is 1. The van der Waals surface area contributed by atoms with Crippen molar-refractivity contribution in [2.24, 2.45) is 0 Å². The van der Waals surface area contributed by atoms with Gasteiger partial charge in [0.25, 0.3) is 0 Å². The molecule has 2 heterocycles. The molecule has 4 nitrogen and oxygen atoms in total. The molecule has 0 unspecified atom stereocenters. The van der Waals surface area contributed by atoms with E-state index in [1.54, 1.807) is 11.0 Å². The van der Waals surface area contributed by atoms with Crippen molar-refractivity contribution in [2.45, 2.75) is 57.5 Å². The Kier molecular flexibility index (Phi) is 3.85. The molecule has 0 radical (unpaired) electrons. The molecule has 1 aromatic carbocycles. The van der Waals surface area contributed by atoms with Crippen LogP contribution in [0.25, 0.3) is 0 Å². The molecule has 0 saturated carbocycles. The van der Waals surface area contributed by atoms with E-state index >= 15 is 0 Å². The minimum Gasteiger partial charge on any atom is -0.444 e. The highest BCUT2D eigenvalue weighted by Crippen LogP contribution is 2.45. The number of hydrogen-bond donors (Lipinski definition) is 0. The predicted octanol–water partition coefficient (Wildman–Crippen LogP) is 3.67. The van der Waals surface area contributed by atoms with Crippen molar-refractivity contribution >= 4 is 6.09 Å². The molecule has 0 aliphatic carbocycles. The molecule has 2 fully saturated rings. The minimum atomic E-state index is -0.503. The van der Waals surface area contributed by atoms with E-state index in [4.69, 9.17) is 9.47 Å². The Bertz CT molecular complexity index is 569. The first kappa shape index (κ1) is 15.3. The summed E-state index contributed by atoms with van der Waals surface area (Å²) in [5.74, 6) is -0.262. The average molecular weight is 307 g/mol. The fraction of sp³-hybridized carbons (Fsp3) is 0.588. The van der Waals surface area contributed by atoms with Gasteiger partial charge in [-0.25, -0.2) is 9.18 Å². The number of hydrogen-bond acceptors (Lipinski definition) is 3. The maximum absolute atomic E-state index is 13.3. The van der Waals surface area contributed by atoms with E-state index in [1.165, 1.54) is 12.1 Å². The molecule has 2 aliphatic heterocycles. The number of carbonyl (C=O) groups is 1. The summed E-state index contributed by atoms with van der Waals surface area (Å²) in [7, 11) is 0. The van der Waals surface area contributed by atoms with Crippen LogP contribution in [0.3, 0.4) is 0 Å². The lowest BCUT2D eigenvalue weighted by Crippen LogP contribution is -2.42. The molecule has 0 spiro atoms. The molecular weight excluding hydrogens is 285 g/mol. The van der Waals surface area contributed by atoms with Crippen LogP contribution in [0.5, 0.6) is 0 Å². The number of rotatable bonds is 2. The van der Waals surface area contributed by atoms with E-state index in [1.807, 2.05) is 26.8 Å². The largest absolute Gasteiger partial charge is 0.444 e. The molecule has 1 aromatic rings. The van der Waals surface area contributed by atoms with E-state index in [0.717, 1.165) is 18.4 Å². The molecule has 0 bridgehead atoms. The van der Waals surface area contributed by atoms with Gasteiger partial charge in [-0.15, -0.1) is 0 Å². The summed E-state index contributed by atoms with van der Waals surface area (Å²) >= 11 is 0. The van der Waals surface area contributed by atoms with Gasteiger partial charge in [-0.2, -0.15) is 0 Å². The molecule has 2 aliphatic rings. The van der Waals surface area contributed by atoms with Crippen LogP contribution in [-0.2, 0) is 9.47 Å². The maximum Gasteiger partial charge on any atom is 0.410 e. The summed E-state index contributed by atoms with van der Waals surface area (Å²) in [6, 6.07) is 6.48. The third kappa shape index (κ3) is 3.24. The number of halogens is 1. The fourth-order valence-corrected chi connectivity index (χ4v) is 3.05. The number of ether oxygens (including phenoxy) is 2. The maximum atomic E-state index is 13.3. The fourth-order valence-electron chi connectivity index (χ4n) is 3.05. The first-order chi connectivity index (χ1) is 10.3. The van der Waals surface area contributed by atoms with Crippen LogP contribution in [0.2, 0.25) is 0 Å². The van der Waals surface area contributed by atoms with E-state index < -0.39 is 5.60 Å². The molecular formula is C17H22FNO3. The van der Waals surface area contributed by atoms with Crippen molar-refractivity contribution in [1.29, 1.82) is 0 Å². The van der Waals surface area contributed by atoms with Crippen LogP contribution >= 0.6 is 0 Å². The summed E-state index contributed by atoms with van der Waals surface area (Å²) < 4.78 is 24.5. The second-order valence-corrected chi connectivity index (χ2v) is 6.96. The average Bonchev–Trinajstić information content (AvgIpc) is 3.05. The van der Waals surface area contributed by atoms with Crippen LogP contribution in [0.15, 0.2) is 24.3 Å². The molecule has 1 amide bonds. The zero-order chi connectivity index (χ0) is 15.9. The van der Waals surface area contributed by atoms with Gasteiger partial charge < -0.3 is 14.4 Å². The van der Waals surface area contributed by atoms with Crippen LogP contribution in [-0.4, -0.2) is 35.3 Å². The topological polar surface area (TPSA) is 42.1 Å². The Balaban J connectivity index is 1.66. The van der Waals surface area contributed by atoms with Crippen LogP contribution in [0.4, 0.5) is 9.18 Å². The lowest BCUT2D eigenvalue weighted by Gasteiger charge is -2.28. The third-order valence-corrected chi connectivity index (χ3v) is 4.01. The molecule has 3 atom stereocenters. The first-order valence-corrected chi connectivity index (χ1v) is 7.76. The van der Waals surface area contributed by atoms with Crippen LogP contribution < -0.4 is 0 Å². The Labute approximate surface area is 130 Å². The van der Waals surface area contributed by atoms with Gasteiger partial charge in [0.2, 0.25) is 0 Å². The van der Waals surface area contributed by atoms with E-state index in [-0.39, 0.29) is 30.2 Å². The van der Waals surface area contributed by atoms with Crippen molar-refractivity contribution in [2.75, 3.05) is 6.54 Å². The quantitative estimate of drug-likeness (QED) is 0.783. The Hall–Kier alpha value is -1.62. The summed E-state index contributed by atoms with van der Waals surface area (Å²) in [5, 5.41) is 0. The minimum absolute atomic E-state index is 0.0168. The Morgan fingerprint density at radius 2 is 2.18 bits per heavy atom. The molecule has 22 heavy (non-hydrogen) atoms. The monoisotopic (exact) mass is 307 g/mol. The lowest BCUT2D eigenvalue weighted by atomic mass is 10.0. The van der Waals surface area contributed by atoms with Gasteiger partial charge in [-0.1, -0.05) is 12.1 Å². The SMILES string of the molecule is CC(C)(C)OC(=O)N1CCC[C@@H]1[C@@H]1O[C@H]1c1cccc(F)c1. The van der Waals surface area contributed by atoms with E-state index in [2.05, 4.69) is 0 Å². The number of epoxide rings is 1. The van der Waals surface area contributed by atoms with E-state index in [0.29, 0.717) is 6.54 Å². The Morgan fingerprint density at radius 3 is 2.86 bits per heavy atom. The zero-order valence-corrected chi connectivity index (χ0v) is 13.2. The zero-order valence-electron chi connectivity index (χ0n) is 13.2. The standard InChI is InChI=1S/C17H22FNO3/c1-17(2,3)22-16(20)19-9-5-8-13(19)15-14(21-15)11-6-4-7-12(18)10-11/h4,6-7,10,13-15H,5,8-9H2,1-3H3/t13-,14+,15+/m1/s1. The summed E-state index contributed by atoms with van der Waals surface area (Å²) in [6.45, 7) is 6.27. The van der Waals surface area contributed by atoms with Crippen molar-refractivity contribution in [3.8, 4) is 0 Å². The summed E-state index contributed by atoms with van der Waals surface area (Å²) in [4.78, 5) is 14.0. The summed E-state index contributed by atoms with van der Waals surface area (Å²) in [5.41, 5.74) is 0.331. The van der Waals surface area contributed by atoms with Gasteiger partial charge in [-0.3, -0.25) is 0 Å². The highest BCUT2D eigenvalue weighted by molar-refractivity contribution is 5.69. The van der Waals surface area contributed by atoms with Crippen LogP contribution in [0.1, 0.15) is 45.3 Å². The predicted molar refractivity (Wildman–Crippen MR) is 80.0 cm³/mol. The van der Waals surface area contributed by atoms with Gasteiger partial charge >= 0.3 is 6.09 Å². The van der Waals surface area contributed by atoms with Gasteiger partial charge in [-0.05, 0) is 51.3 Å². The summed E-state index contributed by atoms with van der Waals surface area (Å²) in [6.07, 6.45) is 1.37. The molecule has 120 valence electrons. The van der Waals surface area contributed by atoms with Gasteiger partial charge in [0.15, 0.2) is 0 Å². The second-order valence-electron chi connectivity index (χ2n) is 6.96. The van der Waals surface area contributed by atoms with Crippen molar-refractivity contribution in [3.05, 3.63) is 35.6 Å². The van der Waals surface area contributed by atoms with Gasteiger partial charge in [0.1, 0.15) is 23.6 Å². The number of nitrogens with zero attached hydrogens (tertiary/aromatic N) is 1. The smallest absolute Gasteiger partial charge is 0.410 e. The van der Waals surface area contributed by atoms with Gasteiger partial charge in [0.05, 0.1) is 6.04 Å². The lowest BCUT2D eigenvalue weighted by molar-refractivity contribution is 0.0204. The molecule has 2 saturated heterocycles. The highest BCUT2D eigenvalue weighted by Gasteiger charge is 2.51. The Morgan fingerprint density at radius 1 is 1.41 bits per heavy atom.